The fraction of sp³-hybridized carbons (Fsp3) is 0.800. The first-order valence-corrected chi connectivity index (χ1v) is 7.33. The Morgan fingerprint density at radius 2 is 2.17 bits per heavy atom. The molecule has 102 valence electrons. The van der Waals surface area contributed by atoms with Gasteiger partial charge < -0.3 is 5.11 Å². The van der Waals surface area contributed by atoms with Crippen LogP contribution in [-0.4, -0.2) is 21.0 Å². The monoisotopic (exact) mass is 250 g/mol. The first-order chi connectivity index (χ1) is 8.63. The molecule has 3 unspecified atom stereocenters. The van der Waals surface area contributed by atoms with Crippen molar-refractivity contribution in [1.29, 1.82) is 0 Å². The molecule has 1 saturated carbocycles. The van der Waals surface area contributed by atoms with Crippen LogP contribution >= 0.6 is 0 Å². The second kappa shape index (κ2) is 5.87. The number of aryl methyl sites for hydroxylation is 2. The second-order valence-electron chi connectivity index (χ2n) is 5.72. The number of hydrogen-bond acceptors (Lipinski definition) is 2. The lowest BCUT2D eigenvalue weighted by Gasteiger charge is -2.32. The van der Waals surface area contributed by atoms with Crippen molar-refractivity contribution in [2.24, 2.45) is 18.9 Å². The molecule has 3 atom stereocenters. The number of aliphatic hydroxyl groups is 1. The van der Waals surface area contributed by atoms with Crippen molar-refractivity contribution in [1.82, 2.24) is 9.78 Å². The molecule has 3 nitrogen and oxygen atoms in total. The fourth-order valence-corrected chi connectivity index (χ4v) is 3.14. The predicted molar refractivity (Wildman–Crippen MR) is 73.4 cm³/mol. The highest BCUT2D eigenvalue weighted by molar-refractivity contribution is 5.11. The Morgan fingerprint density at radius 1 is 1.39 bits per heavy atom. The second-order valence-corrected chi connectivity index (χ2v) is 5.72. The summed E-state index contributed by atoms with van der Waals surface area (Å²) in [6, 6.07) is 2.20. The van der Waals surface area contributed by atoms with Gasteiger partial charge in [0.05, 0.1) is 11.8 Å². The van der Waals surface area contributed by atoms with Gasteiger partial charge >= 0.3 is 0 Å². The Labute approximate surface area is 110 Å². The quantitative estimate of drug-likeness (QED) is 0.892. The van der Waals surface area contributed by atoms with E-state index < -0.39 is 0 Å². The van der Waals surface area contributed by atoms with Crippen LogP contribution in [-0.2, 0) is 19.9 Å². The number of rotatable bonds is 4. The molecule has 1 heterocycles. The molecule has 0 aliphatic heterocycles. The maximum absolute atomic E-state index is 10.2. The van der Waals surface area contributed by atoms with E-state index in [9.17, 15) is 5.11 Å². The van der Waals surface area contributed by atoms with Crippen LogP contribution < -0.4 is 0 Å². The van der Waals surface area contributed by atoms with Gasteiger partial charge in [-0.3, -0.25) is 4.68 Å². The van der Waals surface area contributed by atoms with Gasteiger partial charge in [0.15, 0.2) is 0 Å². The lowest BCUT2D eigenvalue weighted by atomic mass is 9.76. The maximum Gasteiger partial charge on any atom is 0.0624 e. The van der Waals surface area contributed by atoms with Crippen LogP contribution in [0.2, 0.25) is 0 Å². The third-order valence-electron chi connectivity index (χ3n) is 4.49. The van der Waals surface area contributed by atoms with Gasteiger partial charge in [0, 0.05) is 12.7 Å². The molecule has 1 aromatic rings. The normalized spacial score (nSPS) is 28.6. The summed E-state index contributed by atoms with van der Waals surface area (Å²) in [5, 5.41) is 14.7. The largest absolute Gasteiger partial charge is 0.393 e. The summed E-state index contributed by atoms with van der Waals surface area (Å²) in [6.07, 6.45) is 6.42. The molecule has 0 bridgehead atoms. The summed E-state index contributed by atoms with van der Waals surface area (Å²) in [4.78, 5) is 0. The van der Waals surface area contributed by atoms with Gasteiger partial charge in [-0.1, -0.05) is 20.3 Å². The Morgan fingerprint density at radius 3 is 2.78 bits per heavy atom. The third-order valence-corrected chi connectivity index (χ3v) is 4.49. The molecule has 0 spiro atoms. The molecule has 1 aromatic heterocycles. The number of hydrogen-bond donors (Lipinski definition) is 1. The molecule has 0 saturated heterocycles. The van der Waals surface area contributed by atoms with E-state index >= 15 is 0 Å². The molecule has 3 heteroatoms. The Bertz CT molecular complexity index is 386. The Kier molecular flexibility index (Phi) is 4.44. The molecule has 1 aliphatic carbocycles. The van der Waals surface area contributed by atoms with Crippen LogP contribution in [0.1, 0.15) is 50.9 Å². The topological polar surface area (TPSA) is 38.0 Å². The van der Waals surface area contributed by atoms with Crippen molar-refractivity contribution < 1.29 is 5.11 Å². The van der Waals surface area contributed by atoms with E-state index in [1.165, 1.54) is 25.0 Å². The van der Waals surface area contributed by atoms with Crippen LogP contribution in [0.15, 0.2) is 6.07 Å². The molecule has 1 aliphatic rings. The molecule has 0 amide bonds. The smallest absolute Gasteiger partial charge is 0.0624 e. The van der Waals surface area contributed by atoms with E-state index in [1.54, 1.807) is 0 Å². The summed E-state index contributed by atoms with van der Waals surface area (Å²) in [5.74, 6) is 1.22. The van der Waals surface area contributed by atoms with Gasteiger partial charge in [-0.2, -0.15) is 5.10 Å². The summed E-state index contributed by atoms with van der Waals surface area (Å²) in [6.45, 7) is 4.40. The summed E-state index contributed by atoms with van der Waals surface area (Å²) in [5.41, 5.74) is 2.43. The lowest BCUT2D eigenvalue weighted by molar-refractivity contribution is 0.0466. The van der Waals surface area contributed by atoms with Crippen molar-refractivity contribution in [3.05, 3.63) is 17.5 Å². The SMILES string of the molecule is CCc1cc(CC2CC(CC)CCC2O)n(C)n1. The standard InChI is InChI=1S/C15H26N2O/c1-4-11-6-7-15(18)12(8-11)9-14-10-13(5-2)16-17(14)3/h10-12,15,18H,4-9H2,1-3H3. The van der Waals surface area contributed by atoms with Crippen molar-refractivity contribution in [2.75, 3.05) is 0 Å². The minimum atomic E-state index is -0.118. The van der Waals surface area contributed by atoms with E-state index in [4.69, 9.17) is 0 Å². The van der Waals surface area contributed by atoms with E-state index in [0.717, 1.165) is 30.9 Å². The van der Waals surface area contributed by atoms with Gasteiger partial charge in [-0.05, 0) is 50.0 Å². The average Bonchev–Trinajstić information content (AvgIpc) is 2.73. The molecular weight excluding hydrogens is 224 g/mol. The highest BCUT2D eigenvalue weighted by atomic mass is 16.3. The molecule has 1 fully saturated rings. The van der Waals surface area contributed by atoms with Gasteiger partial charge in [-0.15, -0.1) is 0 Å². The minimum absolute atomic E-state index is 0.118. The zero-order valence-electron chi connectivity index (χ0n) is 11.9. The van der Waals surface area contributed by atoms with E-state index in [0.29, 0.717) is 5.92 Å². The Hall–Kier alpha value is -0.830. The van der Waals surface area contributed by atoms with E-state index in [-0.39, 0.29) is 6.10 Å². The average molecular weight is 250 g/mol. The highest BCUT2D eigenvalue weighted by Crippen LogP contribution is 2.33. The maximum atomic E-state index is 10.2. The molecule has 1 N–H and O–H groups in total. The van der Waals surface area contributed by atoms with Gasteiger partial charge in [-0.25, -0.2) is 0 Å². The predicted octanol–water partition coefficient (Wildman–Crippen LogP) is 2.71. The zero-order valence-corrected chi connectivity index (χ0v) is 11.9. The van der Waals surface area contributed by atoms with Crippen LogP contribution in [0.25, 0.3) is 0 Å². The Balaban J connectivity index is 2.04. The van der Waals surface area contributed by atoms with Crippen LogP contribution in [0.5, 0.6) is 0 Å². The van der Waals surface area contributed by atoms with Crippen LogP contribution in [0.3, 0.4) is 0 Å². The molecule has 0 radical (unpaired) electrons. The van der Waals surface area contributed by atoms with Crippen molar-refractivity contribution in [2.45, 2.75) is 58.5 Å². The summed E-state index contributed by atoms with van der Waals surface area (Å²) < 4.78 is 1.99. The summed E-state index contributed by atoms with van der Waals surface area (Å²) in [7, 11) is 2.01. The van der Waals surface area contributed by atoms with Crippen molar-refractivity contribution in [3.63, 3.8) is 0 Å². The van der Waals surface area contributed by atoms with E-state index in [1.807, 2.05) is 11.7 Å². The molecule has 2 rings (SSSR count). The minimum Gasteiger partial charge on any atom is -0.393 e. The van der Waals surface area contributed by atoms with Gasteiger partial charge in [0.25, 0.3) is 0 Å². The van der Waals surface area contributed by atoms with Crippen LogP contribution in [0.4, 0.5) is 0 Å². The molecular formula is C15H26N2O. The number of aliphatic hydroxyl groups excluding tert-OH is 1. The van der Waals surface area contributed by atoms with E-state index in [2.05, 4.69) is 25.0 Å². The number of nitrogens with zero attached hydrogens (tertiary/aromatic N) is 2. The highest BCUT2D eigenvalue weighted by Gasteiger charge is 2.29. The zero-order chi connectivity index (χ0) is 13.1. The lowest BCUT2D eigenvalue weighted by Crippen LogP contribution is -2.31. The third kappa shape index (κ3) is 2.94. The fourth-order valence-electron chi connectivity index (χ4n) is 3.14. The first kappa shape index (κ1) is 13.6. The van der Waals surface area contributed by atoms with Crippen LogP contribution in [0, 0.1) is 11.8 Å². The molecule has 18 heavy (non-hydrogen) atoms. The van der Waals surface area contributed by atoms with Gasteiger partial charge in [0.1, 0.15) is 0 Å². The van der Waals surface area contributed by atoms with Crippen molar-refractivity contribution in [3.8, 4) is 0 Å². The number of aromatic nitrogens is 2. The van der Waals surface area contributed by atoms with Gasteiger partial charge in [0.2, 0.25) is 0 Å². The van der Waals surface area contributed by atoms with Crippen molar-refractivity contribution >= 4 is 0 Å². The first-order valence-electron chi connectivity index (χ1n) is 7.33. The summed E-state index contributed by atoms with van der Waals surface area (Å²) >= 11 is 0. The molecule has 0 aromatic carbocycles.